The van der Waals surface area contributed by atoms with Crippen molar-refractivity contribution in [2.24, 2.45) is 5.41 Å². The van der Waals surface area contributed by atoms with Crippen molar-refractivity contribution in [3.63, 3.8) is 0 Å². The Morgan fingerprint density at radius 1 is 1.35 bits per heavy atom. The number of alkyl carbamates (subject to hydrolysis) is 1. The maximum absolute atomic E-state index is 11.8. The highest BCUT2D eigenvalue weighted by atomic mass is 79.9. The highest BCUT2D eigenvalue weighted by Crippen LogP contribution is 2.41. The van der Waals surface area contributed by atoms with E-state index >= 15 is 0 Å². The van der Waals surface area contributed by atoms with Crippen molar-refractivity contribution < 1.29 is 14.3 Å². The zero-order valence-corrected chi connectivity index (χ0v) is 12.2. The van der Waals surface area contributed by atoms with E-state index in [9.17, 15) is 9.59 Å². The SMILES string of the molecule is CC(C)(C)OC(=O)NCC1(C(=O)CBr)CCC1. The number of Topliss-reactive ketones (excluding diaryl/α,β-unsaturated/α-hetero) is 1. The van der Waals surface area contributed by atoms with Crippen LogP contribution in [0.3, 0.4) is 0 Å². The molecule has 1 amide bonds. The first-order valence-corrected chi connectivity index (χ1v) is 6.97. The summed E-state index contributed by atoms with van der Waals surface area (Å²) in [6.45, 7) is 5.83. The van der Waals surface area contributed by atoms with E-state index in [1.807, 2.05) is 20.8 Å². The molecule has 5 heteroatoms. The molecule has 1 fully saturated rings. The molecule has 1 N–H and O–H groups in total. The third kappa shape index (κ3) is 3.98. The minimum absolute atomic E-state index is 0.166. The fourth-order valence-electron chi connectivity index (χ4n) is 1.86. The molecule has 1 saturated carbocycles. The highest BCUT2D eigenvalue weighted by molar-refractivity contribution is 9.09. The van der Waals surface area contributed by atoms with Gasteiger partial charge in [-0.2, -0.15) is 0 Å². The number of rotatable bonds is 4. The Balaban J connectivity index is 2.44. The van der Waals surface area contributed by atoms with Crippen LogP contribution in [-0.2, 0) is 9.53 Å². The van der Waals surface area contributed by atoms with Crippen molar-refractivity contribution in [2.75, 3.05) is 11.9 Å². The molecule has 0 aromatic carbocycles. The molecule has 1 aliphatic carbocycles. The van der Waals surface area contributed by atoms with Crippen molar-refractivity contribution in [3.8, 4) is 0 Å². The molecule has 0 aromatic rings. The summed E-state index contributed by atoms with van der Waals surface area (Å²) in [6, 6.07) is 0. The molecule has 0 atom stereocenters. The average molecular weight is 306 g/mol. The van der Waals surface area contributed by atoms with Gasteiger partial charge in [-0.05, 0) is 33.6 Å². The number of carbonyl (C=O) groups excluding carboxylic acids is 2. The Kier molecular flexibility index (Phi) is 4.58. The van der Waals surface area contributed by atoms with Crippen molar-refractivity contribution in [1.82, 2.24) is 5.32 Å². The monoisotopic (exact) mass is 305 g/mol. The topological polar surface area (TPSA) is 55.4 Å². The molecule has 98 valence electrons. The Bertz CT molecular complexity index is 305. The third-order valence-corrected chi connectivity index (χ3v) is 3.50. The number of hydrogen-bond acceptors (Lipinski definition) is 3. The lowest BCUT2D eigenvalue weighted by Gasteiger charge is -2.40. The van der Waals surface area contributed by atoms with Gasteiger partial charge in [0.05, 0.1) is 5.33 Å². The number of nitrogens with one attached hydrogen (secondary N) is 1. The van der Waals surface area contributed by atoms with E-state index in [1.54, 1.807) is 0 Å². The number of halogens is 1. The van der Waals surface area contributed by atoms with Gasteiger partial charge in [-0.3, -0.25) is 4.79 Å². The van der Waals surface area contributed by atoms with Crippen LogP contribution in [0.15, 0.2) is 0 Å². The normalized spacial score (nSPS) is 18.1. The largest absolute Gasteiger partial charge is 0.444 e. The number of ether oxygens (including phenoxy) is 1. The standard InChI is InChI=1S/C12H20BrNO3/c1-11(2,3)17-10(16)14-8-12(5-4-6-12)9(15)7-13/h4-8H2,1-3H3,(H,14,16). The molecular formula is C12H20BrNO3. The Morgan fingerprint density at radius 3 is 2.29 bits per heavy atom. The smallest absolute Gasteiger partial charge is 0.407 e. The molecule has 1 aliphatic rings. The number of carbonyl (C=O) groups is 2. The predicted octanol–water partition coefficient (Wildman–Crippen LogP) is 2.65. The van der Waals surface area contributed by atoms with E-state index in [1.165, 1.54) is 0 Å². The van der Waals surface area contributed by atoms with Crippen molar-refractivity contribution in [2.45, 2.75) is 45.6 Å². The molecular weight excluding hydrogens is 286 g/mol. The molecule has 0 bridgehead atoms. The molecule has 0 heterocycles. The number of alkyl halides is 1. The fraction of sp³-hybridized carbons (Fsp3) is 0.833. The second-order valence-electron chi connectivity index (χ2n) is 5.55. The minimum Gasteiger partial charge on any atom is -0.444 e. The summed E-state index contributed by atoms with van der Waals surface area (Å²) < 4.78 is 5.14. The fourth-order valence-corrected chi connectivity index (χ4v) is 2.45. The molecule has 0 spiro atoms. The summed E-state index contributed by atoms with van der Waals surface area (Å²) in [7, 11) is 0. The van der Waals surface area contributed by atoms with E-state index in [0.29, 0.717) is 11.9 Å². The second-order valence-corrected chi connectivity index (χ2v) is 6.11. The molecule has 4 nitrogen and oxygen atoms in total. The average Bonchev–Trinajstić information content (AvgIpc) is 2.12. The summed E-state index contributed by atoms with van der Waals surface area (Å²) in [5.74, 6) is 0.166. The van der Waals surface area contributed by atoms with Crippen LogP contribution in [0, 0.1) is 5.41 Å². The van der Waals surface area contributed by atoms with Gasteiger partial charge in [-0.15, -0.1) is 0 Å². The Morgan fingerprint density at radius 2 is 1.94 bits per heavy atom. The lowest BCUT2D eigenvalue weighted by molar-refractivity contribution is -0.130. The first-order valence-electron chi connectivity index (χ1n) is 5.85. The zero-order chi connectivity index (χ0) is 13.1. The van der Waals surface area contributed by atoms with E-state index in [2.05, 4.69) is 21.2 Å². The van der Waals surface area contributed by atoms with E-state index < -0.39 is 11.7 Å². The molecule has 0 radical (unpaired) electrons. The zero-order valence-electron chi connectivity index (χ0n) is 10.6. The summed E-state index contributed by atoms with van der Waals surface area (Å²) in [5, 5.41) is 3.04. The van der Waals surface area contributed by atoms with Crippen LogP contribution in [0.25, 0.3) is 0 Å². The van der Waals surface area contributed by atoms with Crippen LogP contribution in [0.5, 0.6) is 0 Å². The number of ketones is 1. The highest BCUT2D eigenvalue weighted by Gasteiger charge is 2.43. The van der Waals surface area contributed by atoms with Crippen molar-refractivity contribution in [1.29, 1.82) is 0 Å². The van der Waals surface area contributed by atoms with Gasteiger partial charge in [0.2, 0.25) is 0 Å². The molecule has 1 rings (SSSR count). The third-order valence-electron chi connectivity index (χ3n) is 2.99. The molecule has 0 aromatic heterocycles. The van der Waals surface area contributed by atoms with Gasteiger partial charge in [0.15, 0.2) is 5.78 Å². The van der Waals surface area contributed by atoms with E-state index in [0.717, 1.165) is 19.3 Å². The Labute approximate surface area is 111 Å². The van der Waals surface area contributed by atoms with Crippen molar-refractivity contribution >= 4 is 27.8 Å². The number of amides is 1. The van der Waals surface area contributed by atoms with Gasteiger partial charge in [0, 0.05) is 12.0 Å². The maximum atomic E-state index is 11.8. The van der Waals surface area contributed by atoms with Crippen LogP contribution in [-0.4, -0.2) is 29.4 Å². The van der Waals surface area contributed by atoms with E-state index in [-0.39, 0.29) is 11.2 Å². The summed E-state index contributed by atoms with van der Waals surface area (Å²) >= 11 is 3.19. The van der Waals surface area contributed by atoms with Crippen LogP contribution in [0.1, 0.15) is 40.0 Å². The van der Waals surface area contributed by atoms with Crippen LogP contribution in [0.4, 0.5) is 4.79 Å². The summed E-state index contributed by atoms with van der Waals surface area (Å²) in [6.07, 6.45) is 2.31. The second kappa shape index (κ2) is 5.38. The Hall–Kier alpha value is -0.580. The van der Waals surface area contributed by atoms with Gasteiger partial charge in [-0.1, -0.05) is 22.4 Å². The van der Waals surface area contributed by atoms with Gasteiger partial charge in [0.1, 0.15) is 5.60 Å². The summed E-state index contributed by atoms with van der Waals surface area (Å²) in [5.41, 5.74) is -0.864. The summed E-state index contributed by atoms with van der Waals surface area (Å²) in [4.78, 5) is 23.3. The van der Waals surface area contributed by atoms with Gasteiger partial charge in [0.25, 0.3) is 0 Å². The molecule has 0 aliphatic heterocycles. The van der Waals surface area contributed by atoms with Gasteiger partial charge in [-0.25, -0.2) is 4.79 Å². The van der Waals surface area contributed by atoms with Crippen molar-refractivity contribution in [3.05, 3.63) is 0 Å². The first kappa shape index (κ1) is 14.5. The maximum Gasteiger partial charge on any atom is 0.407 e. The quantitative estimate of drug-likeness (QED) is 0.812. The molecule has 17 heavy (non-hydrogen) atoms. The minimum atomic E-state index is -0.504. The first-order chi connectivity index (χ1) is 7.79. The molecule has 0 saturated heterocycles. The number of hydrogen-bond donors (Lipinski definition) is 1. The van der Waals surface area contributed by atoms with E-state index in [4.69, 9.17) is 4.74 Å². The lowest BCUT2D eigenvalue weighted by atomic mass is 9.66. The van der Waals surface area contributed by atoms with Crippen LogP contribution >= 0.6 is 15.9 Å². The van der Waals surface area contributed by atoms with Crippen LogP contribution < -0.4 is 5.32 Å². The lowest BCUT2D eigenvalue weighted by Crippen LogP contribution is -2.49. The van der Waals surface area contributed by atoms with Crippen LogP contribution in [0.2, 0.25) is 0 Å². The van der Waals surface area contributed by atoms with Gasteiger partial charge >= 0.3 is 6.09 Å². The van der Waals surface area contributed by atoms with Gasteiger partial charge < -0.3 is 10.1 Å². The predicted molar refractivity (Wildman–Crippen MR) is 69.3 cm³/mol. The molecule has 0 unspecified atom stereocenters.